The Hall–Kier alpha value is -2.00. The smallest absolute Gasteiger partial charge is 0.119 e. The van der Waals surface area contributed by atoms with Crippen molar-refractivity contribution in [3.63, 3.8) is 0 Å². The summed E-state index contributed by atoms with van der Waals surface area (Å²) in [5.41, 5.74) is 2.48. The van der Waals surface area contributed by atoms with Crippen LogP contribution in [0, 0.1) is 0 Å². The first-order valence-electron chi connectivity index (χ1n) is 8.28. The molecule has 122 valence electrons. The van der Waals surface area contributed by atoms with E-state index in [2.05, 4.69) is 12.1 Å². The first-order chi connectivity index (χ1) is 11.2. The molecule has 0 aliphatic heterocycles. The van der Waals surface area contributed by atoms with E-state index in [1.807, 2.05) is 36.4 Å². The maximum Gasteiger partial charge on any atom is 0.119 e. The summed E-state index contributed by atoms with van der Waals surface area (Å²) >= 11 is 0. The van der Waals surface area contributed by atoms with Gasteiger partial charge in [-0.05, 0) is 67.0 Å². The molecule has 3 rings (SSSR count). The van der Waals surface area contributed by atoms with Crippen molar-refractivity contribution >= 4 is 0 Å². The van der Waals surface area contributed by atoms with Crippen molar-refractivity contribution in [1.29, 1.82) is 0 Å². The Morgan fingerprint density at radius 2 is 1.48 bits per heavy atom. The molecule has 1 N–H and O–H groups in total. The normalized spacial score (nSPS) is 21.0. The van der Waals surface area contributed by atoms with Gasteiger partial charge in [0.25, 0.3) is 0 Å². The fourth-order valence-corrected chi connectivity index (χ4v) is 3.13. The van der Waals surface area contributed by atoms with Gasteiger partial charge in [-0.2, -0.15) is 0 Å². The molecule has 0 heterocycles. The van der Waals surface area contributed by atoms with Crippen LogP contribution in [0.2, 0.25) is 0 Å². The van der Waals surface area contributed by atoms with Crippen LogP contribution in [0.25, 0.3) is 0 Å². The highest BCUT2D eigenvalue weighted by atomic mass is 16.5. The van der Waals surface area contributed by atoms with Gasteiger partial charge in [0.2, 0.25) is 0 Å². The molecule has 0 amide bonds. The standard InChI is InChI=1S/C20H24O3/c1-22-19-10-2-15(3-11-19)14-23-20-12-6-17(7-13-20)16-4-8-18(21)9-5-16/h2-3,6-7,10-13,16,18,21H,4-5,8-9,14H2,1H3/t16-,18-. The van der Waals surface area contributed by atoms with Crippen LogP contribution in [0.3, 0.4) is 0 Å². The number of rotatable bonds is 5. The lowest BCUT2D eigenvalue weighted by Gasteiger charge is -2.25. The maximum absolute atomic E-state index is 9.60. The van der Waals surface area contributed by atoms with Gasteiger partial charge in [0.05, 0.1) is 13.2 Å². The van der Waals surface area contributed by atoms with Gasteiger partial charge < -0.3 is 14.6 Å². The van der Waals surface area contributed by atoms with Crippen molar-refractivity contribution in [1.82, 2.24) is 0 Å². The summed E-state index contributed by atoms with van der Waals surface area (Å²) in [6, 6.07) is 16.3. The number of aliphatic hydroxyl groups excluding tert-OH is 1. The van der Waals surface area contributed by atoms with Crippen LogP contribution in [0.1, 0.15) is 42.7 Å². The van der Waals surface area contributed by atoms with Crippen molar-refractivity contribution in [3.8, 4) is 11.5 Å². The van der Waals surface area contributed by atoms with Gasteiger partial charge in [0, 0.05) is 0 Å². The first-order valence-corrected chi connectivity index (χ1v) is 8.28. The highest BCUT2D eigenvalue weighted by molar-refractivity contribution is 5.31. The SMILES string of the molecule is COc1ccc(COc2ccc([C@H]3CC[C@H](O)CC3)cc2)cc1. The second kappa shape index (κ2) is 7.51. The molecule has 0 saturated heterocycles. The summed E-state index contributed by atoms with van der Waals surface area (Å²) in [4.78, 5) is 0. The van der Waals surface area contributed by atoms with Gasteiger partial charge in [-0.1, -0.05) is 24.3 Å². The quantitative estimate of drug-likeness (QED) is 0.895. The Bertz CT molecular complexity index is 596. The predicted octanol–water partition coefficient (Wildman–Crippen LogP) is 4.29. The number of benzene rings is 2. The Balaban J connectivity index is 1.54. The lowest BCUT2D eigenvalue weighted by molar-refractivity contribution is 0.122. The summed E-state index contributed by atoms with van der Waals surface area (Å²) in [6.45, 7) is 0.555. The molecule has 23 heavy (non-hydrogen) atoms. The van der Waals surface area contributed by atoms with Crippen LogP contribution >= 0.6 is 0 Å². The van der Waals surface area contributed by atoms with Crippen molar-refractivity contribution in [2.75, 3.05) is 7.11 Å². The highest BCUT2D eigenvalue weighted by Crippen LogP contribution is 2.33. The number of ether oxygens (including phenoxy) is 2. The third kappa shape index (κ3) is 4.26. The van der Waals surface area contributed by atoms with E-state index in [0.717, 1.165) is 42.7 Å². The van der Waals surface area contributed by atoms with Crippen LogP contribution in [0.5, 0.6) is 11.5 Å². The van der Waals surface area contributed by atoms with E-state index in [4.69, 9.17) is 9.47 Å². The number of hydrogen-bond acceptors (Lipinski definition) is 3. The molecule has 2 aromatic rings. The molecule has 0 spiro atoms. The first kappa shape index (κ1) is 15.9. The Morgan fingerprint density at radius 1 is 0.870 bits per heavy atom. The summed E-state index contributed by atoms with van der Waals surface area (Å²) in [7, 11) is 1.67. The molecule has 1 fully saturated rings. The molecule has 1 aliphatic carbocycles. The lowest BCUT2D eigenvalue weighted by Crippen LogP contribution is -2.16. The zero-order chi connectivity index (χ0) is 16.1. The molecule has 0 aromatic heterocycles. The predicted molar refractivity (Wildman–Crippen MR) is 91.0 cm³/mol. The van der Waals surface area contributed by atoms with Crippen molar-refractivity contribution < 1.29 is 14.6 Å². The fraction of sp³-hybridized carbons (Fsp3) is 0.400. The Kier molecular flexibility index (Phi) is 5.19. The average Bonchev–Trinajstić information content (AvgIpc) is 2.61. The third-order valence-electron chi connectivity index (χ3n) is 4.61. The topological polar surface area (TPSA) is 38.7 Å². The van der Waals surface area contributed by atoms with E-state index in [1.165, 1.54) is 5.56 Å². The Morgan fingerprint density at radius 3 is 2.09 bits per heavy atom. The number of aliphatic hydroxyl groups is 1. The summed E-state index contributed by atoms with van der Waals surface area (Å²) < 4.78 is 11.0. The van der Waals surface area contributed by atoms with Gasteiger partial charge in [-0.15, -0.1) is 0 Å². The van der Waals surface area contributed by atoms with Crippen molar-refractivity contribution in [3.05, 3.63) is 59.7 Å². The fourth-order valence-electron chi connectivity index (χ4n) is 3.13. The van der Waals surface area contributed by atoms with E-state index in [-0.39, 0.29) is 6.10 Å². The zero-order valence-corrected chi connectivity index (χ0v) is 13.6. The van der Waals surface area contributed by atoms with Crippen LogP contribution in [0.15, 0.2) is 48.5 Å². The van der Waals surface area contributed by atoms with Gasteiger partial charge >= 0.3 is 0 Å². The lowest BCUT2D eigenvalue weighted by atomic mass is 9.83. The third-order valence-corrected chi connectivity index (χ3v) is 4.61. The van der Waals surface area contributed by atoms with E-state index in [9.17, 15) is 5.11 Å². The van der Waals surface area contributed by atoms with Gasteiger partial charge in [0.1, 0.15) is 18.1 Å². The van der Waals surface area contributed by atoms with E-state index in [1.54, 1.807) is 7.11 Å². The summed E-state index contributed by atoms with van der Waals surface area (Å²) in [5, 5.41) is 9.60. The number of hydrogen-bond donors (Lipinski definition) is 1. The summed E-state index contributed by atoms with van der Waals surface area (Å²) in [6.07, 6.45) is 3.89. The molecule has 1 saturated carbocycles. The van der Waals surface area contributed by atoms with Crippen molar-refractivity contribution in [2.45, 2.75) is 44.3 Å². The van der Waals surface area contributed by atoms with Crippen LogP contribution in [-0.4, -0.2) is 18.3 Å². The van der Waals surface area contributed by atoms with E-state index >= 15 is 0 Å². The van der Waals surface area contributed by atoms with Crippen molar-refractivity contribution in [2.24, 2.45) is 0 Å². The minimum Gasteiger partial charge on any atom is -0.497 e. The minimum atomic E-state index is -0.0987. The molecule has 1 aliphatic rings. The highest BCUT2D eigenvalue weighted by Gasteiger charge is 2.20. The van der Waals surface area contributed by atoms with E-state index < -0.39 is 0 Å². The molecule has 3 nitrogen and oxygen atoms in total. The average molecular weight is 312 g/mol. The van der Waals surface area contributed by atoms with Gasteiger partial charge in [0.15, 0.2) is 0 Å². The molecule has 0 unspecified atom stereocenters. The van der Waals surface area contributed by atoms with E-state index in [0.29, 0.717) is 12.5 Å². The molecule has 0 bridgehead atoms. The minimum absolute atomic E-state index is 0.0987. The van der Waals surface area contributed by atoms with Crippen LogP contribution in [-0.2, 0) is 6.61 Å². The molecule has 0 atom stereocenters. The maximum atomic E-state index is 9.60. The molecule has 0 radical (unpaired) electrons. The summed E-state index contributed by atoms with van der Waals surface area (Å²) in [5.74, 6) is 2.32. The monoisotopic (exact) mass is 312 g/mol. The molecule has 2 aromatic carbocycles. The van der Waals surface area contributed by atoms with Crippen LogP contribution < -0.4 is 9.47 Å². The van der Waals surface area contributed by atoms with Crippen LogP contribution in [0.4, 0.5) is 0 Å². The molecule has 3 heteroatoms. The van der Waals surface area contributed by atoms with Gasteiger partial charge in [-0.25, -0.2) is 0 Å². The van der Waals surface area contributed by atoms with Gasteiger partial charge in [-0.3, -0.25) is 0 Å². The largest absolute Gasteiger partial charge is 0.497 e. The molecular weight excluding hydrogens is 288 g/mol. The second-order valence-corrected chi connectivity index (χ2v) is 6.21. The number of methoxy groups -OCH3 is 1. The second-order valence-electron chi connectivity index (χ2n) is 6.21. The molecular formula is C20H24O3. The Labute approximate surface area is 137 Å². The zero-order valence-electron chi connectivity index (χ0n) is 13.6.